The molecule has 0 radical (unpaired) electrons. The van der Waals surface area contributed by atoms with Gasteiger partial charge in [0.15, 0.2) is 5.79 Å². The van der Waals surface area contributed by atoms with Crippen molar-refractivity contribution < 1.29 is 14.6 Å². The Balaban J connectivity index is 1.95. The minimum atomic E-state index is -0.509. The molecule has 0 spiro atoms. The van der Waals surface area contributed by atoms with Crippen LogP contribution in [0.3, 0.4) is 0 Å². The second kappa shape index (κ2) is 4.72. The molecule has 5 heteroatoms. The Kier molecular flexibility index (Phi) is 3.47. The maximum absolute atomic E-state index is 9.31. The average Bonchev–Trinajstić information content (AvgIpc) is 2.27. The summed E-state index contributed by atoms with van der Waals surface area (Å²) in [6.07, 6.45) is 0. The van der Waals surface area contributed by atoms with Gasteiger partial charge in [-0.25, -0.2) is 0 Å². The normalized spacial score (nSPS) is 20.2. The first-order valence-corrected chi connectivity index (χ1v) is 5.87. The van der Waals surface area contributed by atoms with E-state index in [1.54, 1.807) is 18.2 Å². The third-order valence-electron chi connectivity index (χ3n) is 2.58. The van der Waals surface area contributed by atoms with E-state index in [0.29, 0.717) is 18.2 Å². The molecule has 2 N–H and O–H groups in total. The van der Waals surface area contributed by atoms with Gasteiger partial charge in [0.1, 0.15) is 5.75 Å². The molecule has 1 fully saturated rings. The molecule has 1 heterocycles. The van der Waals surface area contributed by atoms with Gasteiger partial charge in [0.25, 0.3) is 0 Å². The van der Waals surface area contributed by atoms with Gasteiger partial charge in [-0.3, -0.25) is 0 Å². The minimum Gasteiger partial charge on any atom is -0.506 e. The molecule has 0 amide bonds. The van der Waals surface area contributed by atoms with Gasteiger partial charge in [-0.05, 0) is 32.0 Å². The minimum absolute atomic E-state index is 0.0782. The van der Waals surface area contributed by atoms with Crippen molar-refractivity contribution in [3.8, 4) is 5.75 Å². The molecule has 17 heavy (non-hydrogen) atoms. The quantitative estimate of drug-likeness (QED) is 0.800. The van der Waals surface area contributed by atoms with E-state index in [9.17, 15) is 5.11 Å². The van der Waals surface area contributed by atoms with E-state index in [2.05, 4.69) is 5.32 Å². The van der Waals surface area contributed by atoms with Gasteiger partial charge in [-0.15, -0.1) is 0 Å². The van der Waals surface area contributed by atoms with Gasteiger partial charge in [-0.2, -0.15) is 0 Å². The first-order valence-electron chi connectivity index (χ1n) is 5.49. The van der Waals surface area contributed by atoms with Crippen LogP contribution in [0.25, 0.3) is 0 Å². The molecule has 0 aromatic heterocycles. The van der Waals surface area contributed by atoms with Crippen LogP contribution in [-0.2, 0) is 9.47 Å². The van der Waals surface area contributed by atoms with Gasteiger partial charge in [0, 0.05) is 5.69 Å². The number of halogens is 1. The van der Waals surface area contributed by atoms with E-state index in [1.165, 1.54) is 0 Å². The SMILES string of the molecule is CC1(C)OCC(Nc2ccc(O)c(Cl)c2)CO1. The fraction of sp³-hybridized carbons (Fsp3) is 0.500. The number of nitrogens with one attached hydrogen (secondary N) is 1. The molecule has 1 aliphatic heterocycles. The molecule has 0 bridgehead atoms. The summed E-state index contributed by atoms with van der Waals surface area (Å²) in [4.78, 5) is 0. The number of hydrogen-bond donors (Lipinski definition) is 2. The Morgan fingerprint density at radius 3 is 2.59 bits per heavy atom. The third kappa shape index (κ3) is 3.25. The number of aromatic hydroxyl groups is 1. The lowest BCUT2D eigenvalue weighted by molar-refractivity contribution is -0.247. The molecule has 1 aliphatic rings. The van der Waals surface area contributed by atoms with E-state index in [0.717, 1.165) is 5.69 Å². The van der Waals surface area contributed by atoms with Crippen molar-refractivity contribution in [1.82, 2.24) is 0 Å². The number of benzene rings is 1. The van der Waals surface area contributed by atoms with E-state index in [1.807, 2.05) is 13.8 Å². The zero-order valence-corrected chi connectivity index (χ0v) is 10.6. The summed E-state index contributed by atoms with van der Waals surface area (Å²) in [5.41, 5.74) is 0.838. The molecule has 2 rings (SSSR count). The van der Waals surface area contributed by atoms with Crippen LogP contribution < -0.4 is 5.32 Å². The van der Waals surface area contributed by atoms with Gasteiger partial charge < -0.3 is 19.9 Å². The molecule has 0 atom stereocenters. The average molecular weight is 258 g/mol. The first-order chi connectivity index (χ1) is 7.96. The highest BCUT2D eigenvalue weighted by atomic mass is 35.5. The lowest BCUT2D eigenvalue weighted by atomic mass is 10.2. The summed E-state index contributed by atoms with van der Waals surface area (Å²) in [7, 11) is 0. The highest BCUT2D eigenvalue weighted by molar-refractivity contribution is 6.32. The lowest BCUT2D eigenvalue weighted by Gasteiger charge is -2.35. The van der Waals surface area contributed by atoms with Crippen LogP contribution in [0, 0.1) is 0 Å². The summed E-state index contributed by atoms with van der Waals surface area (Å²) in [6.45, 7) is 4.93. The Hall–Kier alpha value is -0.970. The fourth-order valence-corrected chi connectivity index (χ4v) is 1.79. The van der Waals surface area contributed by atoms with Crippen molar-refractivity contribution >= 4 is 17.3 Å². The van der Waals surface area contributed by atoms with E-state index in [4.69, 9.17) is 21.1 Å². The van der Waals surface area contributed by atoms with Crippen LogP contribution >= 0.6 is 11.6 Å². The molecule has 0 saturated carbocycles. The second-order valence-electron chi connectivity index (χ2n) is 4.53. The molecule has 1 saturated heterocycles. The van der Waals surface area contributed by atoms with Gasteiger partial charge in [0.2, 0.25) is 0 Å². The predicted molar refractivity (Wildman–Crippen MR) is 66.5 cm³/mol. The number of rotatable bonds is 2. The van der Waals surface area contributed by atoms with Crippen LogP contribution in [0.5, 0.6) is 5.75 Å². The van der Waals surface area contributed by atoms with Crippen molar-refractivity contribution in [2.24, 2.45) is 0 Å². The largest absolute Gasteiger partial charge is 0.506 e. The zero-order valence-electron chi connectivity index (χ0n) is 9.87. The number of phenolic OH excluding ortho intramolecular Hbond substituents is 1. The molecule has 0 unspecified atom stereocenters. The standard InChI is InChI=1S/C12H16ClNO3/c1-12(2)16-6-9(7-17-12)14-8-3-4-11(15)10(13)5-8/h3-5,9,14-15H,6-7H2,1-2H3. The molecular formula is C12H16ClNO3. The molecular weight excluding hydrogens is 242 g/mol. The predicted octanol–water partition coefficient (Wildman–Crippen LogP) is 2.61. The van der Waals surface area contributed by atoms with Gasteiger partial charge in [-0.1, -0.05) is 11.6 Å². The Labute approximate surface area is 105 Å². The van der Waals surface area contributed by atoms with E-state index in [-0.39, 0.29) is 11.8 Å². The molecule has 4 nitrogen and oxygen atoms in total. The van der Waals surface area contributed by atoms with Crippen molar-refractivity contribution in [3.05, 3.63) is 23.2 Å². The zero-order chi connectivity index (χ0) is 12.5. The molecule has 1 aromatic rings. The summed E-state index contributed by atoms with van der Waals surface area (Å²) in [5.74, 6) is -0.431. The fourth-order valence-electron chi connectivity index (χ4n) is 1.61. The van der Waals surface area contributed by atoms with Crippen molar-refractivity contribution in [2.45, 2.75) is 25.7 Å². The Morgan fingerprint density at radius 2 is 2.00 bits per heavy atom. The summed E-state index contributed by atoms with van der Waals surface area (Å²) < 4.78 is 11.1. The summed E-state index contributed by atoms with van der Waals surface area (Å²) >= 11 is 5.82. The van der Waals surface area contributed by atoms with Crippen LogP contribution in [0.15, 0.2) is 18.2 Å². The molecule has 94 valence electrons. The summed E-state index contributed by atoms with van der Waals surface area (Å²) in [6, 6.07) is 5.08. The third-order valence-corrected chi connectivity index (χ3v) is 2.89. The number of hydrogen-bond acceptors (Lipinski definition) is 4. The van der Waals surface area contributed by atoms with Crippen LogP contribution in [-0.4, -0.2) is 30.1 Å². The molecule has 0 aliphatic carbocycles. The van der Waals surface area contributed by atoms with Gasteiger partial charge in [0.05, 0.1) is 24.3 Å². The van der Waals surface area contributed by atoms with Crippen LogP contribution in [0.2, 0.25) is 5.02 Å². The Morgan fingerprint density at radius 1 is 1.35 bits per heavy atom. The van der Waals surface area contributed by atoms with Crippen molar-refractivity contribution in [1.29, 1.82) is 0 Å². The van der Waals surface area contributed by atoms with E-state index < -0.39 is 5.79 Å². The topological polar surface area (TPSA) is 50.7 Å². The summed E-state index contributed by atoms with van der Waals surface area (Å²) in [5, 5.41) is 12.9. The Bertz CT molecular complexity index is 399. The maximum atomic E-state index is 9.31. The van der Waals surface area contributed by atoms with Gasteiger partial charge >= 0.3 is 0 Å². The van der Waals surface area contributed by atoms with Crippen LogP contribution in [0.4, 0.5) is 5.69 Å². The van der Waals surface area contributed by atoms with Crippen LogP contribution in [0.1, 0.15) is 13.8 Å². The first kappa shape index (κ1) is 12.5. The number of anilines is 1. The highest BCUT2D eigenvalue weighted by Crippen LogP contribution is 2.27. The number of ether oxygens (including phenoxy) is 2. The monoisotopic (exact) mass is 257 g/mol. The second-order valence-corrected chi connectivity index (χ2v) is 4.94. The number of phenols is 1. The van der Waals surface area contributed by atoms with E-state index >= 15 is 0 Å². The maximum Gasteiger partial charge on any atom is 0.162 e. The lowest BCUT2D eigenvalue weighted by Crippen LogP contribution is -2.45. The van der Waals surface area contributed by atoms with Crippen molar-refractivity contribution in [3.63, 3.8) is 0 Å². The highest BCUT2D eigenvalue weighted by Gasteiger charge is 2.28. The molecule has 1 aromatic carbocycles. The smallest absolute Gasteiger partial charge is 0.162 e. The van der Waals surface area contributed by atoms with Crippen molar-refractivity contribution in [2.75, 3.05) is 18.5 Å².